The van der Waals surface area contributed by atoms with Crippen molar-refractivity contribution in [1.82, 2.24) is 19.9 Å². The Morgan fingerprint density at radius 2 is 1.45 bits per heavy atom. The summed E-state index contributed by atoms with van der Waals surface area (Å²) in [5.74, 6) is 2.04. The average Bonchev–Trinajstić information content (AvgIpc) is 2.73. The predicted octanol–water partition coefficient (Wildman–Crippen LogP) is 2.91. The molecule has 2 aromatic heterocycles. The smallest absolute Gasteiger partial charge is 0.356 e. The van der Waals surface area contributed by atoms with Crippen molar-refractivity contribution in [2.45, 2.75) is 32.4 Å². The number of piperidine rings is 1. The molecule has 0 aliphatic carbocycles. The Hall–Kier alpha value is -2.65. The second-order valence-corrected chi connectivity index (χ2v) is 7.39. The SMILES string of the molecule is Cc1nc(N2CCN(c3nccc(N4CCCCC4)n3)CC2)cc(C(F)(F)F)n1. The van der Waals surface area contributed by atoms with Crippen LogP contribution < -0.4 is 14.7 Å². The molecule has 0 amide bonds. The molecule has 0 N–H and O–H groups in total. The zero-order chi connectivity index (χ0) is 20.4. The van der Waals surface area contributed by atoms with E-state index in [2.05, 4.69) is 24.8 Å². The van der Waals surface area contributed by atoms with Crippen molar-refractivity contribution in [2.24, 2.45) is 0 Å². The molecule has 2 fully saturated rings. The van der Waals surface area contributed by atoms with Crippen LogP contribution in [0.25, 0.3) is 0 Å². The topological polar surface area (TPSA) is 61.3 Å². The molecule has 29 heavy (non-hydrogen) atoms. The molecule has 2 aliphatic heterocycles. The molecule has 4 heterocycles. The summed E-state index contributed by atoms with van der Waals surface area (Å²) in [5, 5.41) is 0. The van der Waals surface area contributed by atoms with E-state index in [1.165, 1.54) is 26.2 Å². The van der Waals surface area contributed by atoms with Gasteiger partial charge in [0.15, 0.2) is 0 Å². The molecular weight excluding hydrogens is 383 g/mol. The largest absolute Gasteiger partial charge is 0.433 e. The summed E-state index contributed by atoms with van der Waals surface area (Å²) in [4.78, 5) is 23.1. The number of rotatable bonds is 3. The van der Waals surface area contributed by atoms with E-state index in [1.807, 2.05) is 11.0 Å². The van der Waals surface area contributed by atoms with Crippen LogP contribution in [0.2, 0.25) is 0 Å². The highest BCUT2D eigenvalue weighted by molar-refractivity contribution is 5.47. The predicted molar refractivity (Wildman–Crippen MR) is 104 cm³/mol. The van der Waals surface area contributed by atoms with Crippen LogP contribution in [-0.4, -0.2) is 59.2 Å². The van der Waals surface area contributed by atoms with Crippen molar-refractivity contribution in [1.29, 1.82) is 0 Å². The number of nitrogens with zero attached hydrogens (tertiary/aromatic N) is 7. The quantitative estimate of drug-likeness (QED) is 0.775. The second kappa shape index (κ2) is 8.00. The molecule has 4 rings (SSSR count). The fourth-order valence-corrected chi connectivity index (χ4v) is 3.79. The van der Waals surface area contributed by atoms with E-state index >= 15 is 0 Å². The molecule has 0 radical (unpaired) electrons. The van der Waals surface area contributed by atoms with Gasteiger partial charge in [-0.05, 0) is 32.3 Å². The van der Waals surface area contributed by atoms with Crippen molar-refractivity contribution < 1.29 is 13.2 Å². The summed E-state index contributed by atoms with van der Waals surface area (Å²) in [6.07, 6.45) is 0.913. The molecule has 2 aromatic rings. The van der Waals surface area contributed by atoms with Gasteiger partial charge in [-0.15, -0.1) is 0 Å². The van der Waals surface area contributed by atoms with Crippen LogP contribution in [0.15, 0.2) is 18.3 Å². The molecule has 7 nitrogen and oxygen atoms in total. The lowest BCUT2D eigenvalue weighted by Gasteiger charge is -2.36. The lowest BCUT2D eigenvalue weighted by molar-refractivity contribution is -0.141. The summed E-state index contributed by atoms with van der Waals surface area (Å²) < 4.78 is 39.2. The van der Waals surface area contributed by atoms with Crippen molar-refractivity contribution in [3.63, 3.8) is 0 Å². The summed E-state index contributed by atoms with van der Waals surface area (Å²) in [6.45, 7) is 5.84. The molecule has 0 aromatic carbocycles. The third-order valence-electron chi connectivity index (χ3n) is 5.31. The van der Waals surface area contributed by atoms with E-state index in [4.69, 9.17) is 4.98 Å². The Balaban J connectivity index is 1.44. The van der Waals surface area contributed by atoms with Gasteiger partial charge in [-0.2, -0.15) is 18.2 Å². The van der Waals surface area contributed by atoms with Gasteiger partial charge >= 0.3 is 6.18 Å². The lowest BCUT2D eigenvalue weighted by atomic mass is 10.1. The van der Waals surface area contributed by atoms with Gasteiger partial charge in [0.05, 0.1) is 0 Å². The number of anilines is 3. The van der Waals surface area contributed by atoms with Gasteiger partial charge in [-0.25, -0.2) is 15.0 Å². The number of hydrogen-bond donors (Lipinski definition) is 0. The second-order valence-electron chi connectivity index (χ2n) is 7.39. The van der Waals surface area contributed by atoms with Crippen LogP contribution in [0.3, 0.4) is 0 Å². The highest BCUT2D eigenvalue weighted by atomic mass is 19.4. The Bertz CT molecular complexity index is 844. The van der Waals surface area contributed by atoms with E-state index in [1.54, 1.807) is 6.20 Å². The number of aromatic nitrogens is 4. The Morgan fingerprint density at radius 3 is 2.14 bits per heavy atom. The molecule has 2 saturated heterocycles. The molecule has 0 bridgehead atoms. The minimum atomic E-state index is -4.48. The number of hydrogen-bond acceptors (Lipinski definition) is 7. The first kappa shape index (κ1) is 19.7. The maximum atomic E-state index is 13.1. The lowest BCUT2D eigenvalue weighted by Crippen LogP contribution is -2.47. The first-order chi connectivity index (χ1) is 13.9. The Labute approximate surface area is 167 Å². The molecule has 0 saturated carbocycles. The molecule has 0 unspecified atom stereocenters. The molecule has 0 atom stereocenters. The average molecular weight is 407 g/mol. The van der Waals surface area contributed by atoms with Crippen molar-refractivity contribution in [3.8, 4) is 0 Å². The van der Waals surface area contributed by atoms with Crippen molar-refractivity contribution in [3.05, 3.63) is 29.8 Å². The molecule has 2 aliphatic rings. The fourth-order valence-electron chi connectivity index (χ4n) is 3.79. The highest BCUT2D eigenvalue weighted by Crippen LogP contribution is 2.30. The Morgan fingerprint density at radius 1 is 0.793 bits per heavy atom. The number of alkyl halides is 3. The number of piperazine rings is 1. The molecular formula is C19H24F3N7. The summed E-state index contributed by atoms with van der Waals surface area (Å²) in [6, 6.07) is 2.96. The summed E-state index contributed by atoms with van der Waals surface area (Å²) in [5.41, 5.74) is -0.903. The van der Waals surface area contributed by atoms with Gasteiger partial charge in [-0.3, -0.25) is 0 Å². The Kier molecular flexibility index (Phi) is 5.42. The van der Waals surface area contributed by atoms with Crippen molar-refractivity contribution in [2.75, 3.05) is 54.0 Å². The van der Waals surface area contributed by atoms with Gasteiger partial charge in [0.25, 0.3) is 0 Å². The third-order valence-corrected chi connectivity index (χ3v) is 5.31. The molecule has 0 spiro atoms. The van der Waals surface area contributed by atoms with Crippen LogP contribution >= 0.6 is 0 Å². The van der Waals surface area contributed by atoms with Crippen LogP contribution in [0.5, 0.6) is 0 Å². The van der Waals surface area contributed by atoms with E-state index in [-0.39, 0.29) is 5.82 Å². The van der Waals surface area contributed by atoms with Crippen LogP contribution in [0.1, 0.15) is 30.8 Å². The maximum absolute atomic E-state index is 13.1. The maximum Gasteiger partial charge on any atom is 0.433 e. The van der Waals surface area contributed by atoms with E-state index in [9.17, 15) is 13.2 Å². The van der Waals surface area contributed by atoms with Crippen LogP contribution in [0.4, 0.5) is 30.8 Å². The fraction of sp³-hybridized carbons (Fsp3) is 0.579. The monoisotopic (exact) mass is 407 g/mol. The highest BCUT2D eigenvalue weighted by Gasteiger charge is 2.34. The van der Waals surface area contributed by atoms with Crippen LogP contribution in [0, 0.1) is 6.92 Å². The summed E-state index contributed by atoms with van der Waals surface area (Å²) >= 11 is 0. The first-order valence-electron chi connectivity index (χ1n) is 9.91. The van der Waals surface area contributed by atoms with E-state index in [0.29, 0.717) is 37.9 Å². The van der Waals surface area contributed by atoms with Gasteiger partial charge in [-0.1, -0.05) is 0 Å². The van der Waals surface area contributed by atoms with Crippen LogP contribution in [-0.2, 0) is 6.18 Å². The van der Waals surface area contributed by atoms with Gasteiger partial charge in [0.2, 0.25) is 5.95 Å². The zero-order valence-corrected chi connectivity index (χ0v) is 16.4. The summed E-state index contributed by atoms with van der Waals surface area (Å²) in [7, 11) is 0. The zero-order valence-electron chi connectivity index (χ0n) is 16.4. The third kappa shape index (κ3) is 4.51. The van der Waals surface area contributed by atoms with Gasteiger partial charge in [0, 0.05) is 51.5 Å². The van der Waals surface area contributed by atoms with E-state index in [0.717, 1.165) is 25.0 Å². The van der Waals surface area contributed by atoms with Gasteiger partial charge < -0.3 is 14.7 Å². The van der Waals surface area contributed by atoms with E-state index < -0.39 is 11.9 Å². The van der Waals surface area contributed by atoms with Crippen molar-refractivity contribution >= 4 is 17.6 Å². The number of aryl methyl sites for hydroxylation is 1. The molecule has 156 valence electrons. The molecule has 10 heteroatoms. The number of halogens is 3. The minimum Gasteiger partial charge on any atom is -0.356 e. The first-order valence-corrected chi connectivity index (χ1v) is 9.91. The minimum absolute atomic E-state index is 0.120. The normalized spacial score (nSPS) is 18.3. The standard InChI is InChI=1S/C19H24F3N7/c1-14-24-15(19(20,21)22)13-17(25-14)28-9-11-29(12-10-28)18-23-6-5-16(26-18)27-7-3-2-4-8-27/h5-6,13H,2-4,7-12H2,1H3. The van der Waals surface area contributed by atoms with Gasteiger partial charge in [0.1, 0.15) is 23.2 Å².